The molecule has 134 valence electrons. The quantitative estimate of drug-likeness (QED) is 0.677. The smallest absolute Gasteiger partial charge is 0.243 e. The van der Waals surface area contributed by atoms with Crippen molar-refractivity contribution in [2.24, 2.45) is 0 Å². The summed E-state index contributed by atoms with van der Waals surface area (Å²) in [5, 5.41) is 4.64. The van der Waals surface area contributed by atoms with E-state index in [1.54, 1.807) is 12.1 Å². The predicted octanol–water partition coefficient (Wildman–Crippen LogP) is 2.25. The number of hydrogen-bond acceptors (Lipinski definition) is 5. The first-order valence-electron chi connectivity index (χ1n) is 7.51. The van der Waals surface area contributed by atoms with Crippen molar-refractivity contribution in [3.63, 3.8) is 0 Å². The molecule has 0 aliphatic heterocycles. The first-order chi connectivity index (χ1) is 12.0. The summed E-state index contributed by atoms with van der Waals surface area (Å²) in [6.45, 7) is 3.72. The Morgan fingerprint density at radius 1 is 1.32 bits per heavy atom. The molecule has 1 heterocycles. The van der Waals surface area contributed by atoms with Crippen molar-refractivity contribution < 1.29 is 17.9 Å². The molecule has 2 aromatic rings. The van der Waals surface area contributed by atoms with Crippen LogP contribution in [0, 0.1) is 0 Å². The highest BCUT2D eigenvalue weighted by Gasteiger charge is 2.25. The van der Waals surface area contributed by atoms with Gasteiger partial charge in [-0.3, -0.25) is 4.79 Å². The number of thiophene rings is 1. The fourth-order valence-corrected chi connectivity index (χ4v) is 4.11. The van der Waals surface area contributed by atoms with Crippen LogP contribution in [0.25, 0.3) is 0 Å². The zero-order valence-corrected chi connectivity index (χ0v) is 15.5. The molecular weight excluding hydrogens is 360 g/mol. The third-order valence-corrected chi connectivity index (χ3v) is 6.09. The monoisotopic (exact) mass is 380 g/mol. The van der Waals surface area contributed by atoms with Gasteiger partial charge >= 0.3 is 0 Å². The molecule has 0 saturated heterocycles. The second-order valence-corrected chi connectivity index (χ2v) is 8.09. The van der Waals surface area contributed by atoms with Crippen molar-refractivity contribution in [2.45, 2.75) is 11.4 Å². The van der Waals surface area contributed by atoms with Crippen molar-refractivity contribution in [1.29, 1.82) is 0 Å². The number of ether oxygens (including phenoxy) is 1. The molecule has 1 N–H and O–H groups in total. The number of sulfonamides is 1. The summed E-state index contributed by atoms with van der Waals surface area (Å²) < 4.78 is 31.6. The Labute approximate surface area is 151 Å². The van der Waals surface area contributed by atoms with E-state index in [4.69, 9.17) is 4.74 Å². The van der Waals surface area contributed by atoms with Gasteiger partial charge in [-0.25, -0.2) is 8.42 Å². The standard InChI is InChI=1S/C17H20N2O4S2/c1-3-10-19(13-17(20)18-12-15-5-4-11-24-15)25(21,22)16-8-6-14(23-2)7-9-16/h3-9,11H,1,10,12-13H2,2H3,(H,18,20). The number of nitrogens with zero attached hydrogens (tertiary/aromatic N) is 1. The minimum absolute atomic E-state index is 0.0424. The lowest BCUT2D eigenvalue weighted by Crippen LogP contribution is -2.40. The van der Waals surface area contributed by atoms with Gasteiger partial charge in [0.05, 0.1) is 25.1 Å². The lowest BCUT2D eigenvalue weighted by atomic mass is 10.3. The zero-order valence-electron chi connectivity index (χ0n) is 13.8. The molecule has 0 unspecified atom stereocenters. The van der Waals surface area contributed by atoms with Gasteiger partial charge in [-0.15, -0.1) is 17.9 Å². The SMILES string of the molecule is C=CCN(CC(=O)NCc1cccs1)S(=O)(=O)c1ccc(OC)cc1. The average molecular weight is 380 g/mol. The molecule has 1 amide bonds. The minimum Gasteiger partial charge on any atom is -0.497 e. The number of hydrogen-bond donors (Lipinski definition) is 1. The van der Waals surface area contributed by atoms with Crippen LogP contribution in [-0.4, -0.2) is 38.8 Å². The molecule has 1 aromatic carbocycles. The molecule has 0 fully saturated rings. The average Bonchev–Trinajstić information content (AvgIpc) is 3.13. The van der Waals surface area contributed by atoms with Crippen molar-refractivity contribution in [3.8, 4) is 5.75 Å². The van der Waals surface area contributed by atoms with Gasteiger partial charge < -0.3 is 10.1 Å². The maximum absolute atomic E-state index is 12.7. The Balaban J connectivity index is 2.08. The van der Waals surface area contributed by atoms with Crippen LogP contribution in [0.5, 0.6) is 5.75 Å². The molecule has 0 atom stereocenters. The maximum atomic E-state index is 12.7. The summed E-state index contributed by atoms with van der Waals surface area (Å²) in [4.78, 5) is 13.2. The Morgan fingerprint density at radius 2 is 2.04 bits per heavy atom. The molecule has 0 saturated carbocycles. The number of carbonyl (C=O) groups is 1. The van der Waals surface area contributed by atoms with E-state index in [1.807, 2.05) is 17.5 Å². The molecular formula is C17H20N2O4S2. The van der Waals surface area contributed by atoms with Crippen LogP contribution >= 0.6 is 11.3 Å². The van der Waals surface area contributed by atoms with Gasteiger partial charge in [0.2, 0.25) is 15.9 Å². The Morgan fingerprint density at radius 3 is 2.60 bits per heavy atom. The van der Waals surface area contributed by atoms with E-state index < -0.39 is 10.0 Å². The molecule has 1 aromatic heterocycles. The molecule has 0 aliphatic rings. The molecule has 0 aliphatic carbocycles. The highest BCUT2D eigenvalue weighted by molar-refractivity contribution is 7.89. The number of benzene rings is 1. The summed E-state index contributed by atoms with van der Waals surface area (Å²) in [6.07, 6.45) is 1.45. The van der Waals surface area contributed by atoms with Crippen LogP contribution in [0.1, 0.15) is 4.88 Å². The summed E-state index contributed by atoms with van der Waals surface area (Å²) in [5.41, 5.74) is 0. The minimum atomic E-state index is -3.81. The van der Waals surface area contributed by atoms with Gasteiger partial charge in [0, 0.05) is 11.4 Å². The number of carbonyl (C=O) groups excluding carboxylic acids is 1. The van der Waals surface area contributed by atoms with Gasteiger partial charge in [0.25, 0.3) is 0 Å². The number of amides is 1. The van der Waals surface area contributed by atoms with Gasteiger partial charge in [0.1, 0.15) is 5.75 Å². The Kier molecular flexibility index (Phi) is 6.74. The molecule has 6 nitrogen and oxygen atoms in total. The van der Waals surface area contributed by atoms with Crippen molar-refractivity contribution in [2.75, 3.05) is 20.2 Å². The van der Waals surface area contributed by atoms with Gasteiger partial charge in [0.15, 0.2) is 0 Å². The first kappa shape index (κ1) is 19.2. The van der Waals surface area contributed by atoms with Gasteiger partial charge in [-0.1, -0.05) is 12.1 Å². The van der Waals surface area contributed by atoms with Crippen LogP contribution in [0.15, 0.2) is 59.3 Å². The maximum Gasteiger partial charge on any atom is 0.243 e. The summed E-state index contributed by atoms with van der Waals surface area (Å²) in [5.74, 6) is 0.190. The van der Waals surface area contributed by atoms with E-state index >= 15 is 0 Å². The summed E-state index contributed by atoms with van der Waals surface area (Å²) >= 11 is 1.53. The molecule has 0 spiro atoms. The Bertz CT molecular complexity index is 800. The van der Waals surface area contributed by atoms with Gasteiger partial charge in [-0.05, 0) is 35.7 Å². The summed E-state index contributed by atoms with van der Waals surface area (Å²) in [6, 6.07) is 9.83. The normalized spacial score (nSPS) is 11.3. The van der Waals surface area contributed by atoms with E-state index in [0.717, 1.165) is 9.18 Å². The third-order valence-electron chi connectivity index (χ3n) is 3.39. The molecule has 8 heteroatoms. The van der Waals surface area contributed by atoms with Crippen LogP contribution < -0.4 is 10.1 Å². The number of methoxy groups -OCH3 is 1. The zero-order chi connectivity index (χ0) is 18.3. The van der Waals surface area contributed by atoms with Crippen molar-refractivity contribution >= 4 is 27.3 Å². The second-order valence-electron chi connectivity index (χ2n) is 5.12. The van der Waals surface area contributed by atoms with Crippen molar-refractivity contribution in [1.82, 2.24) is 9.62 Å². The van der Waals surface area contributed by atoms with Crippen LogP contribution in [0.4, 0.5) is 0 Å². The molecule has 25 heavy (non-hydrogen) atoms. The lowest BCUT2D eigenvalue weighted by Gasteiger charge is -2.20. The molecule has 2 rings (SSSR count). The summed E-state index contributed by atoms with van der Waals surface area (Å²) in [7, 11) is -2.30. The lowest BCUT2D eigenvalue weighted by molar-refractivity contribution is -0.121. The molecule has 0 radical (unpaired) electrons. The fraction of sp³-hybridized carbons (Fsp3) is 0.235. The first-order valence-corrected chi connectivity index (χ1v) is 9.83. The van der Waals surface area contributed by atoms with E-state index in [-0.39, 0.29) is 23.9 Å². The highest BCUT2D eigenvalue weighted by Crippen LogP contribution is 2.19. The van der Waals surface area contributed by atoms with E-state index in [2.05, 4.69) is 11.9 Å². The van der Waals surface area contributed by atoms with Crippen molar-refractivity contribution in [3.05, 3.63) is 59.3 Å². The number of nitrogens with one attached hydrogen (secondary N) is 1. The number of rotatable bonds is 9. The predicted molar refractivity (Wildman–Crippen MR) is 98.1 cm³/mol. The van der Waals surface area contributed by atoms with E-state index in [9.17, 15) is 13.2 Å². The van der Waals surface area contributed by atoms with E-state index in [1.165, 1.54) is 36.7 Å². The fourth-order valence-electron chi connectivity index (χ4n) is 2.10. The highest BCUT2D eigenvalue weighted by atomic mass is 32.2. The third kappa shape index (κ3) is 5.15. The van der Waals surface area contributed by atoms with Crippen LogP contribution in [-0.2, 0) is 21.4 Å². The second kappa shape index (κ2) is 8.80. The van der Waals surface area contributed by atoms with E-state index in [0.29, 0.717) is 12.3 Å². The molecule has 0 bridgehead atoms. The van der Waals surface area contributed by atoms with Crippen LogP contribution in [0.2, 0.25) is 0 Å². The largest absolute Gasteiger partial charge is 0.497 e. The van der Waals surface area contributed by atoms with Gasteiger partial charge in [-0.2, -0.15) is 4.31 Å². The van der Waals surface area contributed by atoms with Crippen LogP contribution in [0.3, 0.4) is 0 Å². The Hall–Kier alpha value is -2.16. The topological polar surface area (TPSA) is 75.7 Å².